The summed E-state index contributed by atoms with van der Waals surface area (Å²) in [6.07, 6.45) is 17.8. The molecule has 5 aliphatic rings. The second-order valence-corrected chi connectivity index (χ2v) is 17.4. The third kappa shape index (κ3) is 8.83. The fraction of sp³-hybridized carbons (Fsp3) is 0.683. The van der Waals surface area contributed by atoms with Crippen molar-refractivity contribution in [3.05, 3.63) is 24.3 Å². The summed E-state index contributed by atoms with van der Waals surface area (Å²) in [7, 11) is 0. The second kappa shape index (κ2) is 17.3. The molecule has 0 bridgehead atoms. The number of carbonyl (C=O) groups is 7. The molecule has 6 atom stereocenters. The van der Waals surface area contributed by atoms with Crippen molar-refractivity contribution in [3.63, 3.8) is 0 Å². The molecule has 3 saturated heterocycles. The highest BCUT2D eigenvalue weighted by Crippen LogP contribution is 2.46. The van der Waals surface area contributed by atoms with Crippen LogP contribution in [0.3, 0.4) is 0 Å². The molecule has 0 aromatic carbocycles. The van der Waals surface area contributed by atoms with Crippen LogP contribution in [0.15, 0.2) is 18.6 Å². The standard InChI is InChI=1S/C41H57N9O7/c1-6-12-27(32(51)37(55)44-26-16-17-26)45-35(53)30-22-41(49-21-11-15-29(49)38(56)50(41)20-7-2)24-48(30)39(57)33(40(3,4)5)47-36(54)31(25-13-9-8-10-14-25)46-34(52)28-23-42-18-19-43-28/h2,18-19,23,25-27,29-31,33H,6,8-17,20-22,24H2,1,3-5H3,(H,44,55)(H,45,53)(H,46,52)(H,47,54)/t27?,29-,30-,31-,33+,41?/m0/s1. The maximum absolute atomic E-state index is 15.2. The molecule has 57 heavy (non-hydrogen) atoms. The summed E-state index contributed by atoms with van der Waals surface area (Å²) >= 11 is 0. The van der Waals surface area contributed by atoms with Gasteiger partial charge in [-0.25, -0.2) is 4.98 Å². The molecular weight excluding hydrogens is 731 g/mol. The van der Waals surface area contributed by atoms with Gasteiger partial charge in [-0.15, -0.1) is 6.42 Å². The van der Waals surface area contributed by atoms with Crippen LogP contribution in [0.25, 0.3) is 0 Å². The summed E-state index contributed by atoms with van der Waals surface area (Å²) in [5.74, 6) is -1.58. The van der Waals surface area contributed by atoms with Crippen molar-refractivity contribution in [2.45, 2.75) is 147 Å². The van der Waals surface area contributed by atoms with Crippen molar-refractivity contribution in [1.29, 1.82) is 0 Å². The van der Waals surface area contributed by atoms with E-state index >= 15 is 4.79 Å². The van der Waals surface area contributed by atoms with E-state index in [1.165, 1.54) is 23.5 Å². The molecule has 6 rings (SSSR count). The quantitative estimate of drug-likeness (QED) is 0.156. The first-order valence-electron chi connectivity index (χ1n) is 20.5. The number of hydrogen-bond acceptors (Lipinski definition) is 10. The smallest absolute Gasteiger partial charge is 0.289 e. The molecule has 2 unspecified atom stereocenters. The molecule has 4 N–H and O–H groups in total. The van der Waals surface area contributed by atoms with Gasteiger partial charge < -0.3 is 31.1 Å². The molecule has 5 fully saturated rings. The number of amides is 6. The van der Waals surface area contributed by atoms with Crippen LogP contribution in [0, 0.1) is 23.7 Å². The highest BCUT2D eigenvalue weighted by molar-refractivity contribution is 6.38. The summed E-state index contributed by atoms with van der Waals surface area (Å²) in [6, 6.07) is -4.98. The minimum absolute atomic E-state index is 0.0134. The van der Waals surface area contributed by atoms with E-state index in [2.05, 4.69) is 37.2 Å². The number of likely N-dealkylation sites (tertiary alicyclic amines) is 1. The molecule has 1 aromatic heterocycles. The van der Waals surface area contributed by atoms with Gasteiger partial charge in [0.2, 0.25) is 29.4 Å². The maximum atomic E-state index is 15.2. The summed E-state index contributed by atoms with van der Waals surface area (Å²) in [5.41, 5.74) is -1.95. The van der Waals surface area contributed by atoms with Gasteiger partial charge in [0.1, 0.15) is 29.5 Å². The van der Waals surface area contributed by atoms with Gasteiger partial charge >= 0.3 is 0 Å². The predicted molar refractivity (Wildman–Crippen MR) is 207 cm³/mol. The summed E-state index contributed by atoms with van der Waals surface area (Å²) in [6.45, 7) is 7.71. The molecule has 0 radical (unpaired) electrons. The van der Waals surface area contributed by atoms with E-state index < -0.39 is 76.6 Å². The van der Waals surface area contributed by atoms with E-state index in [1.807, 2.05) is 11.8 Å². The van der Waals surface area contributed by atoms with Crippen LogP contribution >= 0.6 is 0 Å². The number of Topliss-reactive ketones (excluding diaryl/α,β-unsaturated/α-hetero) is 1. The van der Waals surface area contributed by atoms with Gasteiger partial charge in [0, 0.05) is 31.4 Å². The van der Waals surface area contributed by atoms with Crippen LogP contribution in [0.2, 0.25) is 0 Å². The van der Waals surface area contributed by atoms with Crippen molar-refractivity contribution >= 4 is 41.2 Å². The van der Waals surface area contributed by atoms with Crippen molar-refractivity contribution < 1.29 is 33.6 Å². The number of aromatic nitrogens is 2. The Morgan fingerprint density at radius 1 is 0.982 bits per heavy atom. The van der Waals surface area contributed by atoms with E-state index in [0.717, 1.165) is 38.5 Å². The molecular formula is C41H57N9O7. The average Bonchev–Trinajstić information content (AvgIpc) is 3.62. The maximum Gasteiger partial charge on any atom is 0.289 e. The first-order valence-corrected chi connectivity index (χ1v) is 20.5. The predicted octanol–water partition coefficient (Wildman–Crippen LogP) is 1.06. The van der Waals surface area contributed by atoms with E-state index in [-0.39, 0.29) is 49.5 Å². The lowest BCUT2D eigenvalue weighted by molar-refractivity contribution is -0.145. The highest BCUT2D eigenvalue weighted by Gasteiger charge is 2.64. The normalized spacial score (nSPS) is 25.3. The number of hydrogen-bond donors (Lipinski definition) is 4. The van der Waals surface area contributed by atoms with Crippen LogP contribution in [-0.2, 0) is 28.8 Å². The van der Waals surface area contributed by atoms with Gasteiger partial charge in [-0.2, -0.15) is 0 Å². The number of rotatable bonds is 14. The van der Waals surface area contributed by atoms with Crippen LogP contribution in [-0.4, -0.2) is 127 Å². The zero-order chi connectivity index (χ0) is 41.1. The summed E-state index contributed by atoms with van der Waals surface area (Å²) < 4.78 is 0. The Kier molecular flexibility index (Phi) is 12.7. The lowest BCUT2D eigenvalue weighted by Crippen LogP contribution is -2.62. The number of ketones is 1. The second-order valence-electron chi connectivity index (χ2n) is 17.4. The summed E-state index contributed by atoms with van der Waals surface area (Å²) in [5, 5.41) is 11.4. The van der Waals surface area contributed by atoms with Gasteiger partial charge in [-0.1, -0.05) is 59.3 Å². The van der Waals surface area contributed by atoms with E-state index in [4.69, 9.17) is 6.42 Å². The fourth-order valence-corrected chi connectivity index (χ4v) is 9.13. The first kappa shape index (κ1) is 41.7. The monoisotopic (exact) mass is 787 g/mol. The van der Waals surface area contributed by atoms with Crippen LogP contribution in [0.4, 0.5) is 0 Å². The Labute approximate surface area is 334 Å². The number of nitrogens with zero attached hydrogens (tertiary/aromatic N) is 5. The molecule has 3 aliphatic heterocycles. The zero-order valence-electron chi connectivity index (χ0n) is 33.6. The van der Waals surface area contributed by atoms with Crippen LogP contribution in [0.1, 0.15) is 115 Å². The Balaban J connectivity index is 1.32. The molecule has 1 spiro atoms. The van der Waals surface area contributed by atoms with Gasteiger partial charge in [-0.3, -0.25) is 43.4 Å². The number of terminal acetylenes is 1. The Morgan fingerprint density at radius 2 is 1.72 bits per heavy atom. The van der Waals surface area contributed by atoms with E-state index in [0.29, 0.717) is 32.2 Å². The third-order valence-corrected chi connectivity index (χ3v) is 12.2. The van der Waals surface area contributed by atoms with Crippen molar-refractivity contribution in [2.75, 3.05) is 19.6 Å². The molecule has 308 valence electrons. The van der Waals surface area contributed by atoms with Crippen LogP contribution in [0.5, 0.6) is 0 Å². The fourth-order valence-electron chi connectivity index (χ4n) is 9.13. The van der Waals surface area contributed by atoms with Gasteiger partial charge in [0.05, 0.1) is 31.4 Å². The van der Waals surface area contributed by atoms with Crippen molar-refractivity contribution in [1.82, 2.24) is 45.9 Å². The van der Waals surface area contributed by atoms with E-state index in [1.54, 1.807) is 25.7 Å². The number of fused-ring (bicyclic) bond motifs is 2. The molecule has 16 heteroatoms. The Hall–Kier alpha value is -4.91. The minimum atomic E-state index is -1.18. The van der Waals surface area contributed by atoms with Gasteiger partial charge in [0.15, 0.2) is 0 Å². The Morgan fingerprint density at radius 3 is 2.35 bits per heavy atom. The van der Waals surface area contributed by atoms with Gasteiger partial charge in [0.25, 0.3) is 11.8 Å². The SMILES string of the molecule is C#CCN1C(=O)[C@@H]2CCCN2C12C[C@@H](C(=O)NC(CCC)C(=O)C(=O)NC1CC1)N(C(=O)[C@@H](NC(=O)[C@@H](NC(=O)c1cnccn1)C1CCCCC1)C(C)(C)C)C2. The Bertz CT molecular complexity index is 1770. The highest BCUT2D eigenvalue weighted by atomic mass is 16.2. The van der Waals surface area contributed by atoms with Gasteiger partial charge in [-0.05, 0) is 56.3 Å². The number of carbonyl (C=O) groups excluding carboxylic acids is 7. The molecule has 2 saturated carbocycles. The molecule has 2 aliphatic carbocycles. The summed E-state index contributed by atoms with van der Waals surface area (Å²) in [4.78, 5) is 111. The number of nitrogens with one attached hydrogen (secondary N) is 4. The molecule has 4 heterocycles. The first-order chi connectivity index (χ1) is 27.2. The topological polar surface area (TPSA) is 203 Å². The average molecular weight is 788 g/mol. The van der Waals surface area contributed by atoms with E-state index in [9.17, 15) is 28.8 Å². The zero-order valence-corrected chi connectivity index (χ0v) is 33.6. The van der Waals surface area contributed by atoms with Crippen molar-refractivity contribution in [3.8, 4) is 12.3 Å². The van der Waals surface area contributed by atoms with Crippen molar-refractivity contribution in [2.24, 2.45) is 11.3 Å². The lowest BCUT2D eigenvalue weighted by Gasteiger charge is -2.40. The third-order valence-electron chi connectivity index (χ3n) is 12.2. The van der Waals surface area contributed by atoms with Crippen LogP contribution < -0.4 is 21.3 Å². The molecule has 16 nitrogen and oxygen atoms in total. The minimum Gasteiger partial charge on any atom is -0.347 e. The molecule has 6 amide bonds. The molecule has 1 aromatic rings. The lowest BCUT2D eigenvalue weighted by atomic mass is 9.82. The largest absolute Gasteiger partial charge is 0.347 e.